The van der Waals surface area contributed by atoms with Crippen molar-refractivity contribution in [3.8, 4) is 11.3 Å². The first kappa shape index (κ1) is 17.0. The number of carboxylic acid groups (broad SMARTS) is 1. The maximum Gasteiger partial charge on any atom is 0.354 e. The van der Waals surface area contributed by atoms with Crippen molar-refractivity contribution in [3.63, 3.8) is 0 Å². The summed E-state index contributed by atoms with van der Waals surface area (Å²) >= 11 is 0. The molecule has 2 N–H and O–H groups in total. The number of aromatic carboxylic acids is 1. The Kier molecular flexibility index (Phi) is 4.20. The molecule has 4 aromatic rings. The van der Waals surface area contributed by atoms with Gasteiger partial charge in [0.15, 0.2) is 0 Å². The lowest BCUT2D eigenvalue weighted by molar-refractivity contribution is 0.0690. The zero-order valence-electron chi connectivity index (χ0n) is 14.7. The summed E-state index contributed by atoms with van der Waals surface area (Å²) in [5, 5.41) is 10.2. The van der Waals surface area contributed by atoms with Gasteiger partial charge in [0.25, 0.3) is 0 Å². The second kappa shape index (κ2) is 6.68. The van der Waals surface area contributed by atoms with E-state index < -0.39 is 5.97 Å². The van der Waals surface area contributed by atoms with Crippen molar-refractivity contribution < 1.29 is 14.3 Å². The third kappa shape index (κ3) is 3.31. The maximum absolute atomic E-state index is 13.4. The van der Waals surface area contributed by atoms with Crippen LogP contribution in [-0.4, -0.2) is 21.0 Å². The SMILES string of the molecule is Cc1ccc2c(Cc3cccc(C(=O)O)n3)c(-c3ccc(F)cc3)[nH]c2c1. The lowest BCUT2D eigenvalue weighted by atomic mass is 10.00. The van der Waals surface area contributed by atoms with E-state index in [0.717, 1.165) is 33.3 Å². The topological polar surface area (TPSA) is 66.0 Å². The molecular formula is C22H17FN2O2. The molecule has 2 heterocycles. The maximum atomic E-state index is 13.4. The van der Waals surface area contributed by atoms with Gasteiger partial charge in [-0.3, -0.25) is 0 Å². The number of nitrogens with one attached hydrogen (secondary N) is 1. The minimum absolute atomic E-state index is 0.0199. The number of hydrogen-bond acceptors (Lipinski definition) is 2. The predicted octanol–water partition coefficient (Wildman–Crippen LogP) is 4.97. The molecule has 0 spiro atoms. The first-order chi connectivity index (χ1) is 13.0. The van der Waals surface area contributed by atoms with Crippen LogP contribution >= 0.6 is 0 Å². The molecule has 0 aliphatic heterocycles. The number of aryl methyl sites for hydroxylation is 1. The second-order valence-electron chi connectivity index (χ2n) is 6.53. The largest absolute Gasteiger partial charge is 0.477 e. The van der Waals surface area contributed by atoms with E-state index in [2.05, 4.69) is 16.0 Å². The number of carboxylic acids is 1. The van der Waals surface area contributed by atoms with Gasteiger partial charge < -0.3 is 10.1 Å². The van der Waals surface area contributed by atoms with Crippen LogP contribution in [0, 0.1) is 12.7 Å². The fraction of sp³-hybridized carbons (Fsp3) is 0.0909. The van der Waals surface area contributed by atoms with E-state index in [0.29, 0.717) is 12.1 Å². The predicted molar refractivity (Wildman–Crippen MR) is 102 cm³/mol. The monoisotopic (exact) mass is 360 g/mol. The van der Waals surface area contributed by atoms with Crippen LogP contribution in [0.25, 0.3) is 22.2 Å². The van der Waals surface area contributed by atoms with E-state index in [1.165, 1.54) is 18.2 Å². The van der Waals surface area contributed by atoms with Gasteiger partial charge in [-0.25, -0.2) is 14.2 Å². The standard InChI is InChI=1S/C22H17FN2O2/c1-13-5-10-17-18(12-16-3-2-4-19(24-16)22(26)27)21(25-20(17)11-13)14-6-8-15(23)9-7-14/h2-11,25H,12H2,1H3,(H,26,27). The Hall–Kier alpha value is -3.47. The van der Waals surface area contributed by atoms with Crippen LogP contribution in [0.5, 0.6) is 0 Å². The molecule has 0 saturated heterocycles. The fourth-order valence-electron chi connectivity index (χ4n) is 3.29. The van der Waals surface area contributed by atoms with Gasteiger partial charge in [0.1, 0.15) is 11.5 Å². The summed E-state index contributed by atoms with van der Waals surface area (Å²) in [6.07, 6.45) is 0.469. The second-order valence-corrected chi connectivity index (χ2v) is 6.53. The van der Waals surface area contributed by atoms with E-state index in [4.69, 9.17) is 0 Å². The molecule has 0 aliphatic carbocycles. The molecule has 0 atom stereocenters. The van der Waals surface area contributed by atoms with E-state index >= 15 is 0 Å². The molecule has 0 fully saturated rings. The minimum atomic E-state index is -1.05. The molecule has 0 amide bonds. The first-order valence-electron chi connectivity index (χ1n) is 8.57. The Labute approximate surface area is 155 Å². The van der Waals surface area contributed by atoms with Crippen LogP contribution in [0.4, 0.5) is 4.39 Å². The number of H-pyrrole nitrogens is 1. The number of aromatic amines is 1. The average Bonchev–Trinajstić information content (AvgIpc) is 3.00. The summed E-state index contributed by atoms with van der Waals surface area (Å²) in [5.41, 5.74) is 5.57. The van der Waals surface area contributed by atoms with Gasteiger partial charge in [0, 0.05) is 23.0 Å². The highest BCUT2D eigenvalue weighted by Crippen LogP contribution is 2.32. The van der Waals surface area contributed by atoms with Gasteiger partial charge in [-0.2, -0.15) is 0 Å². The molecule has 4 rings (SSSR count). The number of fused-ring (bicyclic) bond motifs is 1. The molecule has 134 valence electrons. The summed E-state index contributed by atoms with van der Waals surface area (Å²) < 4.78 is 13.4. The normalized spacial score (nSPS) is 11.0. The fourth-order valence-corrected chi connectivity index (χ4v) is 3.29. The molecule has 0 saturated carbocycles. The third-order valence-electron chi connectivity index (χ3n) is 4.58. The van der Waals surface area contributed by atoms with Gasteiger partial charge in [0.05, 0.1) is 5.69 Å². The lowest BCUT2D eigenvalue weighted by Crippen LogP contribution is -2.03. The Bertz CT molecular complexity index is 1150. The van der Waals surface area contributed by atoms with Crippen molar-refractivity contribution >= 4 is 16.9 Å². The molecule has 0 unspecified atom stereocenters. The summed E-state index contributed by atoms with van der Waals surface area (Å²) in [4.78, 5) is 18.9. The zero-order valence-corrected chi connectivity index (χ0v) is 14.7. The molecule has 2 aromatic carbocycles. The molecule has 5 heteroatoms. The van der Waals surface area contributed by atoms with Crippen molar-refractivity contribution in [2.75, 3.05) is 0 Å². The quantitative estimate of drug-likeness (QED) is 0.540. The number of aromatic nitrogens is 2. The number of hydrogen-bond donors (Lipinski definition) is 2. The Morgan fingerprint density at radius 1 is 1.11 bits per heavy atom. The van der Waals surface area contributed by atoms with E-state index in [1.54, 1.807) is 18.2 Å². The van der Waals surface area contributed by atoms with Crippen LogP contribution < -0.4 is 0 Å². The average molecular weight is 360 g/mol. The summed E-state index contributed by atoms with van der Waals surface area (Å²) in [7, 11) is 0. The lowest BCUT2D eigenvalue weighted by Gasteiger charge is -2.06. The van der Waals surface area contributed by atoms with Crippen molar-refractivity contribution in [1.82, 2.24) is 9.97 Å². The van der Waals surface area contributed by atoms with Gasteiger partial charge in [0.2, 0.25) is 0 Å². The van der Waals surface area contributed by atoms with Crippen molar-refractivity contribution in [2.24, 2.45) is 0 Å². The first-order valence-corrected chi connectivity index (χ1v) is 8.57. The highest BCUT2D eigenvalue weighted by molar-refractivity contribution is 5.91. The number of carbonyl (C=O) groups is 1. The van der Waals surface area contributed by atoms with Gasteiger partial charge in [-0.15, -0.1) is 0 Å². The van der Waals surface area contributed by atoms with Crippen LogP contribution in [-0.2, 0) is 6.42 Å². The van der Waals surface area contributed by atoms with Crippen molar-refractivity contribution in [2.45, 2.75) is 13.3 Å². The van der Waals surface area contributed by atoms with Crippen LogP contribution in [0.2, 0.25) is 0 Å². The number of benzene rings is 2. The van der Waals surface area contributed by atoms with E-state index in [9.17, 15) is 14.3 Å². The smallest absolute Gasteiger partial charge is 0.354 e. The van der Waals surface area contributed by atoms with Gasteiger partial charge >= 0.3 is 5.97 Å². The van der Waals surface area contributed by atoms with Crippen molar-refractivity contribution in [1.29, 1.82) is 0 Å². The molecule has 0 radical (unpaired) electrons. The van der Waals surface area contributed by atoms with Gasteiger partial charge in [-0.1, -0.05) is 18.2 Å². The van der Waals surface area contributed by atoms with Crippen molar-refractivity contribution in [3.05, 3.63) is 89.0 Å². The molecule has 4 nitrogen and oxygen atoms in total. The summed E-state index contributed by atoms with van der Waals surface area (Å²) in [5.74, 6) is -1.34. The highest BCUT2D eigenvalue weighted by Gasteiger charge is 2.15. The number of nitrogens with zero attached hydrogens (tertiary/aromatic N) is 1. The molecule has 2 aromatic heterocycles. The number of rotatable bonds is 4. The third-order valence-corrected chi connectivity index (χ3v) is 4.58. The Morgan fingerprint density at radius 2 is 1.89 bits per heavy atom. The molecule has 27 heavy (non-hydrogen) atoms. The molecular weight excluding hydrogens is 343 g/mol. The van der Waals surface area contributed by atoms with Crippen LogP contribution in [0.1, 0.15) is 27.3 Å². The summed E-state index contributed by atoms with van der Waals surface area (Å²) in [6.45, 7) is 2.02. The summed E-state index contributed by atoms with van der Waals surface area (Å²) in [6, 6.07) is 17.5. The van der Waals surface area contributed by atoms with E-state index in [-0.39, 0.29) is 11.5 Å². The minimum Gasteiger partial charge on any atom is -0.477 e. The van der Waals surface area contributed by atoms with Crippen LogP contribution in [0.15, 0.2) is 60.7 Å². The Balaban J connectivity index is 1.87. The Morgan fingerprint density at radius 3 is 2.63 bits per heavy atom. The molecule has 0 bridgehead atoms. The van der Waals surface area contributed by atoms with Crippen LogP contribution in [0.3, 0.4) is 0 Å². The van der Waals surface area contributed by atoms with Gasteiger partial charge in [-0.05, 0) is 66.1 Å². The van der Waals surface area contributed by atoms with E-state index in [1.807, 2.05) is 25.1 Å². The zero-order chi connectivity index (χ0) is 19.0. The molecule has 0 aliphatic rings. The highest BCUT2D eigenvalue weighted by atomic mass is 19.1. The number of halogens is 1. The number of pyridine rings is 1.